The molecule has 0 saturated carbocycles. The Morgan fingerprint density at radius 2 is 2.21 bits per heavy atom. The summed E-state index contributed by atoms with van der Waals surface area (Å²) >= 11 is 0. The first-order chi connectivity index (χ1) is 9.34. The second kappa shape index (κ2) is 5.55. The molecule has 2 aromatic rings. The Hall–Kier alpha value is -1.65. The van der Waals surface area contributed by atoms with Crippen molar-refractivity contribution in [2.24, 2.45) is 7.05 Å². The first kappa shape index (κ1) is 12.4. The lowest BCUT2D eigenvalue weighted by Crippen LogP contribution is -2.25. The van der Waals surface area contributed by atoms with E-state index in [4.69, 9.17) is 4.84 Å². The fraction of sp³-hybridized carbons (Fsp3) is 0.400. The number of aromatic nitrogens is 2. The normalized spacial score (nSPS) is 18.3. The zero-order valence-corrected chi connectivity index (χ0v) is 11.2. The number of rotatable bonds is 4. The lowest BCUT2D eigenvalue weighted by molar-refractivity contribution is -0.000965. The molecule has 1 aliphatic rings. The minimum atomic E-state index is 0.265. The standard InChI is InChI=1S/C15H19N3O/c1-18-15-9-5-8-14(13(15)10-16-18)17-19-11-12-6-3-2-4-7-12/h2-4,6-7,10,14,17H,5,8-9,11H2,1H3. The molecule has 4 nitrogen and oxygen atoms in total. The van der Waals surface area contributed by atoms with Crippen LogP contribution in [-0.4, -0.2) is 9.78 Å². The van der Waals surface area contributed by atoms with Crippen LogP contribution in [0.15, 0.2) is 36.5 Å². The van der Waals surface area contributed by atoms with Gasteiger partial charge in [0.25, 0.3) is 0 Å². The molecular formula is C15H19N3O. The van der Waals surface area contributed by atoms with Gasteiger partial charge in [0.05, 0.1) is 18.8 Å². The molecule has 0 radical (unpaired) electrons. The molecule has 1 aromatic heterocycles. The summed E-state index contributed by atoms with van der Waals surface area (Å²) in [6.07, 6.45) is 5.35. The number of benzene rings is 1. The molecule has 0 amide bonds. The molecule has 3 rings (SSSR count). The Kier molecular flexibility index (Phi) is 3.62. The van der Waals surface area contributed by atoms with Crippen LogP contribution in [0.25, 0.3) is 0 Å². The second-order valence-electron chi connectivity index (χ2n) is 5.01. The number of fused-ring (bicyclic) bond motifs is 1. The van der Waals surface area contributed by atoms with Crippen molar-refractivity contribution in [3.8, 4) is 0 Å². The zero-order chi connectivity index (χ0) is 13.1. The number of hydrogen-bond donors (Lipinski definition) is 1. The molecule has 0 saturated heterocycles. The van der Waals surface area contributed by atoms with E-state index in [0.29, 0.717) is 6.61 Å². The van der Waals surface area contributed by atoms with Crippen LogP contribution in [0.1, 0.15) is 35.7 Å². The molecule has 1 atom stereocenters. The van der Waals surface area contributed by atoms with Crippen LogP contribution in [-0.2, 0) is 24.9 Å². The Morgan fingerprint density at radius 1 is 1.37 bits per heavy atom. The number of aryl methyl sites for hydroxylation is 1. The predicted molar refractivity (Wildman–Crippen MR) is 73.3 cm³/mol. The fourth-order valence-electron chi connectivity index (χ4n) is 2.63. The smallest absolute Gasteiger partial charge is 0.0933 e. The van der Waals surface area contributed by atoms with E-state index in [-0.39, 0.29) is 6.04 Å². The summed E-state index contributed by atoms with van der Waals surface area (Å²) in [6, 6.07) is 10.5. The molecule has 0 spiro atoms. The van der Waals surface area contributed by atoms with Gasteiger partial charge in [0.15, 0.2) is 0 Å². The zero-order valence-electron chi connectivity index (χ0n) is 11.2. The molecule has 19 heavy (non-hydrogen) atoms. The molecule has 0 bridgehead atoms. The molecule has 0 aliphatic heterocycles. The highest BCUT2D eigenvalue weighted by molar-refractivity contribution is 5.24. The molecule has 1 aromatic carbocycles. The van der Waals surface area contributed by atoms with Gasteiger partial charge >= 0.3 is 0 Å². The van der Waals surface area contributed by atoms with Gasteiger partial charge in [0.1, 0.15) is 0 Å². The topological polar surface area (TPSA) is 39.1 Å². The van der Waals surface area contributed by atoms with Gasteiger partial charge in [-0.25, -0.2) is 0 Å². The highest BCUT2D eigenvalue weighted by atomic mass is 16.6. The summed E-state index contributed by atoms with van der Waals surface area (Å²) in [4.78, 5) is 5.64. The molecule has 1 N–H and O–H groups in total. The van der Waals surface area contributed by atoms with Crippen LogP contribution < -0.4 is 5.48 Å². The Labute approximate surface area is 113 Å². The molecule has 4 heteroatoms. The van der Waals surface area contributed by atoms with Crippen LogP contribution in [0.4, 0.5) is 0 Å². The second-order valence-corrected chi connectivity index (χ2v) is 5.01. The third kappa shape index (κ3) is 2.69. The minimum Gasteiger partial charge on any atom is -0.296 e. The van der Waals surface area contributed by atoms with Gasteiger partial charge in [-0.2, -0.15) is 10.6 Å². The largest absolute Gasteiger partial charge is 0.296 e. The lowest BCUT2D eigenvalue weighted by Gasteiger charge is -2.23. The van der Waals surface area contributed by atoms with Crippen molar-refractivity contribution in [3.05, 3.63) is 53.3 Å². The van der Waals surface area contributed by atoms with Crippen LogP contribution in [0.5, 0.6) is 0 Å². The van der Waals surface area contributed by atoms with E-state index >= 15 is 0 Å². The summed E-state index contributed by atoms with van der Waals surface area (Å²) in [7, 11) is 2.01. The first-order valence-corrected chi connectivity index (χ1v) is 6.76. The highest BCUT2D eigenvalue weighted by Crippen LogP contribution is 2.29. The number of hydroxylamine groups is 1. The van der Waals surface area contributed by atoms with Gasteiger partial charge in [0.2, 0.25) is 0 Å². The molecule has 1 aliphatic carbocycles. The lowest BCUT2D eigenvalue weighted by atomic mass is 9.94. The maximum atomic E-state index is 5.64. The quantitative estimate of drug-likeness (QED) is 0.855. The van der Waals surface area contributed by atoms with E-state index in [0.717, 1.165) is 12.8 Å². The third-order valence-electron chi connectivity index (χ3n) is 3.68. The van der Waals surface area contributed by atoms with E-state index < -0.39 is 0 Å². The van der Waals surface area contributed by atoms with E-state index in [1.54, 1.807) is 0 Å². The average Bonchev–Trinajstić information content (AvgIpc) is 2.83. The average molecular weight is 257 g/mol. The Morgan fingerprint density at radius 3 is 3.05 bits per heavy atom. The van der Waals surface area contributed by atoms with Gasteiger partial charge in [0, 0.05) is 18.3 Å². The van der Waals surface area contributed by atoms with Crippen LogP contribution in [0.3, 0.4) is 0 Å². The van der Waals surface area contributed by atoms with E-state index in [1.807, 2.05) is 36.1 Å². The molecule has 1 unspecified atom stereocenters. The third-order valence-corrected chi connectivity index (χ3v) is 3.68. The van der Waals surface area contributed by atoms with Crippen molar-refractivity contribution in [1.29, 1.82) is 0 Å². The molecular weight excluding hydrogens is 238 g/mol. The molecule has 100 valence electrons. The van der Waals surface area contributed by atoms with Crippen molar-refractivity contribution in [2.45, 2.75) is 31.9 Å². The summed E-state index contributed by atoms with van der Waals surface area (Å²) in [5.41, 5.74) is 6.97. The van der Waals surface area contributed by atoms with E-state index in [1.165, 1.54) is 23.2 Å². The summed E-state index contributed by atoms with van der Waals surface area (Å²) in [5.74, 6) is 0. The maximum Gasteiger partial charge on any atom is 0.0933 e. The monoisotopic (exact) mass is 257 g/mol. The Bertz CT molecular complexity index is 536. The van der Waals surface area contributed by atoms with Gasteiger partial charge in [-0.3, -0.25) is 9.52 Å². The van der Waals surface area contributed by atoms with Crippen LogP contribution in [0.2, 0.25) is 0 Å². The van der Waals surface area contributed by atoms with Crippen molar-refractivity contribution in [2.75, 3.05) is 0 Å². The van der Waals surface area contributed by atoms with E-state index in [2.05, 4.69) is 22.7 Å². The van der Waals surface area contributed by atoms with Crippen molar-refractivity contribution >= 4 is 0 Å². The van der Waals surface area contributed by atoms with Crippen molar-refractivity contribution in [1.82, 2.24) is 15.3 Å². The summed E-state index contributed by atoms with van der Waals surface area (Å²) in [6.45, 7) is 0.590. The number of nitrogens with one attached hydrogen (secondary N) is 1. The number of nitrogens with zero attached hydrogens (tertiary/aromatic N) is 2. The Balaban J connectivity index is 1.59. The SMILES string of the molecule is Cn1ncc2c1CCCC2NOCc1ccccc1. The minimum absolute atomic E-state index is 0.265. The van der Waals surface area contributed by atoms with Gasteiger partial charge in [-0.05, 0) is 24.8 Å². The van der Waals surface area contributed by atoms with Gasteiger partial charge < -0.3 is 0 Å². The highest BCUT2D eigenvalue weighted by Gasteiger charge is 2.23. The van der Waals surface area contributed by atoms with Gasteiger partial charge in [-0.15, -0.1) is 0 Å². The molecule has 0 fully saturated rings. The van der Waals surface area contributed by atoms with Crippen LogP contribution in [0, 0.1) is 0 Å². The van der Waals surface area contributed by atoms with E-state index in [9.17, 15) is 0 Å². The summed E-state index contributed by atoms with van der Waals surface area (Å²) in [5, 5.41) is 4.34. The van der Waals surface area contributed by atoms with Gasteiger partial charge in [-0.1, -0.05) is 30.3 Å². The van der Waals surface area contributed by atoms with Crippen molar-refractivity contribution in [3.63, 3.8) is 0 Å². The predicted octanol–water partition coefficient (Wildman–Crippen LogP) is 2.52. The maximum absolute atomic E-state index is 5.64. The summed E-state index contributed by atoms with van der Waals surface area (Å²) < 4.78 is 1.97. The van der Waals surface area contributed by atoms with Crippen LogP contribution >= 0.6 is 0 Å². The van der Waals surface area contributed by atoms with Crippen molar-refractivity contribution < 1.29 is 4.84 Å². The molecule has 1 heterocycles. The fourth-order valence-corrected chi connectivity index (χ4v) is 2.63. The first-order valence-electron chi connectivity index (χ1n) is 6.76. The number of hydrogen-bond acceptors (Lipinski definition) is 3.